The smallest absolute Gasteiger partial charge is 0.266 e. The maximum absolute atomic E-state index is 13.7. The number of para-hydroxylation sites is 1. The highest BCUT2D eigenvalue weighted by atomic mass is 35.5. The first-order chi connectivity index (χ1) is 13.9. The quantitative estimate of drug-likeness (QED) is 0.511. The van der Waals surface area contributed by atoms with Crippen molar-refractivity contribution in [2.45, 2.75) is 0 Å². The zero-order valence-electron chi connectivity index (χ0n) is 14.6. The van der Waals surface area contributed by atoms with Crippen LogP contribution in [0, 0.1) is 17.1 Å². The van der Waals surface area contributed by atoms with Crippen molar-refractivity contribution in [2.24, 2.45) is 0 Å². The molecule has 0 saturated carbocycles. The van der Waals surface area contributed by atoms with Crippen LogP contribution in [0.4, 0.5) is 10.1 Å². The number of amides is 1. The van der Waals surface area contributed by atoms with Gasteiger partial charge in [0, 0.05) is 22.2 Å². The SMILES string of the molecule is N#C/C(=C\c1ccc(-c2ccc(Cl)c(C(=O)[O-])c2)o1)C(=O)Nc1ccccc1F. The highest BCUT2D eigenvalue weighted by Gasteiger charge is 2.14. The Labute approximate surface area is 169 Å². The molecule has 0 unspecified atom stereocenters. The zero-order valence-corrected chi connectivity index (χ0v) is 15.4. The maximum Gasteiger partial charge on any atom is 0.266 e. The minimum atomic E-state index is -1.43. The lowest BCUT2D eigenvalue weighted by atomic mass is 10.1. The van der Waals surface area contributed by atoms with Gasteiger partial charge >= 0.3 is 0 Å². The van der Waals surface area contributed by atoms with Gasteiger partial charge in [-0.25, -0.2) is 4.39 Å². The predicted octanol–water partition coefficient (Wildman–Crippen LogP) is 3.65. The first-order valence-electron chi connectivity index (χ1n) is 8.18. The van der Waals surface area contributed by atoms with Gasteiger partial charge in [-0.3, -0.25) is 4.79 Å². The van der Waals surface area contributed by atoms with Crippen LogP contribution >= 0.6 is 11.6 Å². The van der Waals surface area contributed by atoms with Gasteiger partial charge in [0.15, 0.2) is 0 Å². The molecule has 0 aliphatic carbocycles. The molecular weight excluding hydrogens is 399 g/mol. The van der Waals surface area contributed by atoms with Crippen molar-refractivity contribution in [3.05, 3.63) is 82.3 Å². The van der Waals surface area contributed by atoms with E-state index in [4.69, 9.17) is 16.0 Å². The summed E-state index contributed by atoms with van der Waals surface area (Å²) in [5.41, 5.74) is -0.141. The van der Waals surface area contributed by atoms with Gasteiger partial charge in [0.1, 0.15) is 29.0 Å². The molecule has 1 aromatic heterocycles. The number of hydrogen-bond acceptors (Lipinski definition) is 5. The molecule has 29 heavy (non-hydrogen) atoms. The predicted molar refractivity (Wildman–Crippen MR) is 102 cm³/mol. The van der Waals surface area contributed by atoms with E-state index in [-0.39, 0.29) is 27.6 Å². The van der Waals surface area contributed by atoms with Crippen LogP contribution in [0.3, 0.4) is 0 Å². The number of nitriles is 1. The van der Waals surface area contributed by atoms with Crippen molar-refractivity contribution >= 4 is 35.2 Å². The number of carbonyl (C=O) groups is 2. The third-order valence-corrected chi connectivity index (χ3v) is 4.20. The van der Waals surface area contributed by atoms with E-state index in [1.807, 2.05) is 0 Å². The molecular formula is C21H11ClFN2O4-. The van der Waals surface area contributed by atoms with Gasteiger partial charge in [-0.15, -0.1) is 0 Å². The van der Waals surface area contributed by atoms with Crippen LogP contribution in [0.1, 0.15) is 16.1 Å². The fraction of sp³-hybridized carbons (Fsp3) is 0. The molecule has 0 saturated heterocycles. The van der Waals surface area contributed by atoms with E-state index < -0.39 is 17.7 Å². The largest absolute Gasteiger partial charge is 0.545 e. The molecule has 3 aromatic rings. The second kappa shape index (κ2) is 8.42. The molecule has 0 atom stereocenters. The summed E-state index contributed by atoms with van der Waals surface area (Å²) in [6.07, 6.45) is 1.19. The van der Waals surface area contributed by atoms with E-state index in [1.165, 1.54) is 48.5 Å². The first kappa shape index (κ1) is 19.9. The van der Waals surface area contributed by atoms with E-state index in [2.05, 4.69) is 5.32 Å². The van der Waals surface area contributed by atoms with Gasteiger partial charge in [0.25, 0.3) is 5.91 Å². The number of carboxylic acids is 1. The van der Waals surface area contributed by atoms with Crippen molar-refractivity contribution in [3.63, 3.8) is 0 Å². The summed E-state index contributed by atoms with van der Waals surface area (Å²) in [5, 5.41) is 22.7. The minimum absolute atomic E-state index is 0.0250. The first-order valence-corrected chi connectivity index (χ1v) is 8.55. The third kappa shape index (κ3) is 4.51. The molecule has 0 aliphatic heterocycles. The molecule has 0 fully saturated rings. The number of anilines is 1. The van der Waals surface area contributed by atoms with Crippen molar-refractivity contribution in [1.29, 1.82) is 5.26 Å². The third-order valence-electron chi connectivity index (χ3n) is 3.87. The number of rotatable bonds is 5. The Balaban J connectivity index is 1.85. The fourth-order valence-electron chi connectivity index (χ4n) is 2.46. The van der Waals surface area contributed by atoms with Gasteiger partial charge in [-0.1, -0.05) is 23.7 Å². The Morgan fingerprint density at radius 2 is 1.93 bits per heavy atom. The van der Waals surface area contributed by atoms with Gasteiger partial charge in [0.2, 0.25) is 0 Å². The summed E-state index contributed by atoms with van der Waals surface area (Å²) in [4.78, 5) is 23.3. The van der Waals surface area contributed by atoms with Crippen LogP contribution in [0.2, 0.25) is 5.02 Å². The molecule has 6 nitrogen and oxygen atoms in total. The van der Waals surface area contributed by atoms with Gasteiger partial charge < -0.3 is 19.6 Å². The Bertz CT molecular complexity index is 1180. The number of nitrogens with zero attached hydrogens (tertiary/aromatic N) is 1. The van der Waals surface area contributed by atoms with Crippen LogP contribution in [0.25, 0.3) is 17.4 Å². The van der Waals surface area contributed by atoms with Gasteiger partial charge in [0.05, 0.1) is 11.7 Å². The number of nitrogens with one attached hydrogen (secondary N) is 1. The maximum atomic E-state index is 13.7. The lowest BCUT2D eigenvalue weighted by Crippen LogP contribution is -2.22. The van der Waals surface area contributed by atoms with Crippen LogP contribution in [-0.2, 0) is 4.79 Å². The molecule has 3 rings (SSSR count). The van der Waals surface area contributed by atoms with Crippen molar-refractivity contribution in [2.75, 3.05) is 5.32 Å². The number of aromatic carboxylic acids is 1. The lowest BCUT2D eigenvalue weighted by molar-refractivity contribution is -0.255. The summed E-state index contributed by atoms with van der Waals surface area (Å²) in [5.74, 6) is -2.40. The van der Waals surface area contributed by atoms with E-state index in [0.717, 1.165) is 0 Å². The molecule has 1 heterocycles. The molecule has 144 valence electrons. The van der Waals surface area contributed by atoms with Crippen LogP contribution < -0.4 is 10.4 Å². The van der Waals surface area contributed by atoms with Crippen LogP contribution in [-0.4, -0.2) is 11.9 Å². The number of halogens is 2. The Morgan fingerprint density at radius 1 is 1.17 bits per heavy atom. The van der Waals surface area contributed by atoms with Crippen molar-refractivity contribution in [1.82, 2.24) is 0 Å². The minimum Gasteiger partial charge on any atom is -0.545 e. The Kier molecular flexibility index (Phi) is 5.77. The van der Waals surface area contributed by atoms with Crippen molar-refractivity contribution < 1.29 is 23.5 Å². The number of hydrogen-bond donors (Lipinski definition) is 1. The second-order valence-corrected chi connectivity index (χ2v) is 6.20. The topological polar surface area (TPSA) is 106 Å². The molecule has 1 N–H and O–H groups in total. The molecule has 0 spiro atoms. The monoisotopic (exact) mass is 409 g/mol. The summed E-state index contributed by atoms with van der Waals surface area (Å²) in [6, 6.07) is 14.6. The Hall–Kier alpha value is -3.89. The van der Waals surface area contributed by atoms with E-state index in [9.17, 15) is 24.3 Å². The standard InChI is InChI=1S/C21H12ClFN2O4/c22-16-7-5-12(10-15(16)21(27)28)19-8-6-14(29-19)9-13(11-24)20(26)25-18-4-2-1-3-17(18)23/h1-10H,(H,25,26)(H,27,28)/p-1/b13-9+. The average Bonchev–Trinajstić information content (AvgIpc) is 3.16. The van der Waals surface area contributed by atoms with Crippen LogP contribution in [0.5, 0.6) is 0 Å². The lowest BCUT2D eigenvalue weighted by Gasteiger charge is -2.06. The van der Waals surface area contributed by atoms with Crippen LogP contribution in [0.15, 0.2) is 64.6 Å². The van der Waals surface area contributed by atoms with E-state index >= 15 is 0 Å². The Morgan fingerprint density at radius 3 is 2.62 bits per heavy atom. The summed E-state index contributed by atoms with van der Waals surface area (Å²) in [7, 11) is 0. The average molecular weight is 410 g/mol. The molecule has 0 bridgehead atoms. The fourth-order valence-corrected chi connectivity index (χ4v) is 2.66. The normalized spacial score (nSPS) is 11.0. The van der Waals surface area contributed by atoms with Gasteiger partial charge in [-0.2, -0.15) is 5.26 Å². The molecule has 0 radical (unpaired) electrons. The number of furan rings is 1. The highest BCUT2D eigenvalue weighted by molar-refractivity contribution is 6.33. The summed E-state index contributed by atoms with van der Waals surface area (Å²) >= 11 is 5.82. The number of carboxylic acid groups (broad SMARTS) is 1. The molecule has 1 amide bonds. The molecule has 0 aliphatic rings. The number of benzene rings is 2. The summed E-state index contributed by atoms with van der Waals surface area (Å²) in [6.45, 7) is 0. The molecule has 8 heteroatoms. The highest BCUT2D eigenvalue weighted by Crippen LogP contribution is 2.27. The van der Waals surface area contributed by atoms with E-state index in [0.29, 0.717) is 11.3 Å². The molecule has 2 aromatic carbocycles. The number of carbonyl (C=O) groups excluding carboxylic acids is 2. The van der Waals surface area contributed by atoms with Crippen molar-refractivity contribution in [3.8, 4) is 17.4 Å². The zero-order chi connectivity index (χ0) is 21.0. The van der Waals surface area contributed by atoms with E-state index in [1.54, 1.807) is 18.2 Å². The van der Waals surface area contributed by atoms with Gasteiger partial charge in [-0.05, 0) is 42.5 Å². The second-order valence-electron chi connectivity index (χ2n) is 5.79. The summed E-state index contributed by atoms with van der Waals surface area (Å²) < 4.78 is 19.2.